The summed E-state index contributed by atoms with van der Waals surface area (Å²) >= 11 is 0. The molecule has 0 saturated carbocycles. The average Bonchev–Trinajstić information content (AvgIpc) is 2.30. The molecule has 0 aromatic carbocycles. The van der Waals surface area contributed by atoms with Crippen molar-refractivity contribution in [3.63, 3.8) is 0 Å². The highest BCUT2D eigenvalue weighted by molar-refractivity contribution is 5.85. The van der Waals surface area contributed by atoms with Gasteiger partial charge >= 0.3 is 0 Å². The van der Waals surface area contributed by atoms with Gasteiger partial charge in [0.25, 0.3) is 0 Å². The molecule has 0 bridgehead atoms. The van der Waals surface area contributed by atoms with E-state index in [1.54, 1.807) is 6.20 Å². The molecule has 1 aromatic rings. The van der Waals surface area contributed by atoms with Crippen molar-refractivity contribution in [3.8, 4) is 0 Å². The Morgan fingerprint density at radius 1 is 1.53 bits per heavy atom. The van der Waals surface area contributed by atoms with Gasteiger partial charge in [-0.25, -0.2) is 0 Å². The SMILES string of the molecule is CCCC(N)C(=O)NC(C)c1ccccn1.Cl. The van der Waals surface area contributed by atoms with Crippen molar-refractivity contribution >= 4 is 18.3 Å². The lowest BCUT2D eigenvalue weighted by molar-refractivity contribution is -0.123. The van der Waals surface area contributed by atoms with E-state index in [2.05, 4.69) is 10.3 Å². The molecule has 0 radical (unpaired) electrons. The van der Waals surface area contributed by atoms with Crippen molar-refractivity contribution in [2.24, 2.45) is 5.73 Å². The molecular weight excluding hydrogens is 238 g/mol. The maximum Gasteiger partial charge on any atom is 0.237 e. The largest absolute Gasteiger partial charge is 0.347 e. The van der Waals surface area contributed by atoms with E-state index in [9.17, 15) is 4.79 Å². The summed E-state index contributed by atoms with van der Waals surface area (Å²) in [5, 5.41) is 2.85. The lowest BCUT2D eigenvalue weighted by atomic mass is 10.1. The second kappa shape index (κ2) is 8.03. The highest BCUT2D eigenvalue weighted by Crippen LogP contribution is 2.08. The number of nitrogens with two attached hydrogens (primary N) is 1. The van der Waals surface area contributed by atoms with Crippen molar-refractivity contribution in [2.75, 3.05) is 0 Å². The molecule has 2 atom stereocenters. The molecule has 1 rings (SSSR count). The van der Waals surface area contributed by atoms with Gasteiger partial charge in [0.1, 0.15) is 0 Å². The van der Waals surface area contributed by atoms with Crippen LogP contribution in [0.5, 0.6) is 0 Å². The van der Waals surface area contributed by atoms with Crippen molar-refractivity contribution in [1.29, 1.82) is 0 Å². The normalized spacial score (nSPS) is 13.4. The number of nitrogens with zero attached hydrogens (tertiary/aromatic N) is 1. The number of aromatic nitrogens is 1. The second-order valence-electron chi connectivity index (χ2n) is 3.88. The zero-order valence-electron chi connectivity index (χ0n) is 10.2. The van der Waals surface area contributed by atoms with Crippen LogP contribution in [-0.4, -0.2) is 16.9 Å². The van der Waals surface area contributed by atoms with Crippen LogP contribution in [0, 0.1) is 0 Å². The summed E-state index contributed by atoms with van der Waals surface area (Å²) in [4.78, 5) is 15.8. The lowest BCUT2D eigenvalue weighted by Crippen LogP contribution is -2.41. The Morgan fingerprint density at radius 3 is 2.76 bits per heavy atom. The first kappa shape index (κ1) is 15.9. The molecule has 2 unspecified atom stereocenters. The monoisotopic (exact) mass is 257 g/mol. The molecule has 1 aromatic heterocycles. The first-order valence-electron chi connectivity index (χ1n) is 5.62. The standard InChI is InChI=1S/C12H19N3O.ClH/c1-3-6-10(13)12(16)15-9(2)11-7-4-5-8-14-11;/h4-5,7-10H,3,6,13H2,1-2H3,(H,15,16);1H. The summed E-state index contributed by atoms with van der Waals surface area (Å²) in [7, 11) is 0. The molecular formula is C12H20ClN3O. The third kappa shape index (κ3) is 5.15. The van der Waals surface area contributed by atoms with Crippen LogP contribution in [-0.2, 0) is 4.79 Å². The Labute approximate surface area is 108 Å². The van der Waals surface area contributed by atoms with E-state index in [1.165, 1.54) is 0 Å². The molecule has 1 heterocycles. The number of carbonyl (C=O) groups is 1. The maximum absolute atomic E-state index is 11.7. The number of hydrogen-bond acceptors (Lipinski definition) is 3. The average molecular weight is 258 g/mol. The van der Waals surface area contributed by atoms with E-state index < -0.39 is 6.04 Å². The number of amides is 1. The lowest BCUT2D eigenvalue weighted by Gasteiger charge is -2.16. The number of rotatable bonds is 5. The minimum absolute atomic E-state index is 0. The Morgan fingerprint density at radius 2 is 2.24 bits per heavy atom. The topological polar surface area (TPSA) is 68.0 Å². The highest BCUT2D eigenvalue weighted by atomic mass is 35.5. The predicted molar refractivity (Wildman–Crippen MR) is 70.9 cm³/mol. The van der Waals surface area contributed by atoms with E-state index in [0.717, 1.165) is 12.1 Å². The molecule has 3 N–H and O–H groups in total. The smallest absolute Gasteiger partial charge is 0.237 e. The van der Waals surface area contributed by atoms with E-state index >= 15 is 0 Å². The molecule has 4 nitrogen and oxygen atoms in total. The highest BCUT2D eigenvalue weighted by Gasteiger charge is 2.15. The van der Waals surface area contributed by atoms with Gasteiger partial charge in [-0.1, -0.05) is 19.4 Å². The molecule has 0 aliphatic carbocycles. The fraction of sp³-hybridized carbons (Fsp3) is 0.500. The molecule has 0 saturated heterocycles. The van der Waals surface area contributed by atoms with Crippen LogP contribution in [0.25, 0.3) is 0 Å². The van der Waals surface area contributed by atoms with Crippen LogP contribution in [0.1, 0.15) is 38.4 Å². The Balaban J connectivity index is 0.00000256. The number of halogens is 1. The Kier molecular flexibility index (Phi) is 7.50. The van der Waals surface area contributed by atoms with Gasteiger partial charge in [0, 0.05) is 6.20 Å². The van der Waals surface area contributed by atoms with Crippen LogP contribution in [0.15, 0.2) is 24.4 Å². The molecule has 0 aliphatic rings. The van der Waals surface area contributed by atoms with E-state index in [-0.39, 0.29) is 24.4 Å². The first-order valence-corrected chi connectivity index (χ1v) is 5.62. The minimum atomic E-state index is -0.420. The van der Waals surface area contributed by atoms with Gasteiger partial charge in [0.05, 0.1) is 17.8 Å². The first-order chi connectivity index (χ1) is 7.65. The van der Waals surface area contributed by atoms with Crippen molar-refractivity contribution < 1.29 is 4.79 Å². The van der Waals surface area contributed by atoms with Crippen LogP contribution >= 0.6 is 12.4 Å². The molecule has 1 amide bonds. The summed E-state index contributed by atoms with van der Waals surface area (Å²) in [6, 6.07) is 5.11. The maximum atomic E-state index is 11.7. The van der Waals surface area contributed by atoms with Crippen molar-refractivity contribution in [3.05, 3.63) is 30.1 Å². The van der Waals surface area contributed by atoms with Crippen LogP contribution in [0.4, 0.5) is 0 Å². The van der Waals surface area contributed by atoms with Crippen LogP contribution in [0.2, 0.25) is 0 Å². The van der Waals surface area contributed by atoms with Crippen molar-refractivity contribution in [1.82, 2.24) is 10.3 Å². The Bertz CT molecular complexity index is 332. The number of carbonyl (C=O) groups excluding carboxylic acids is 1. The van der Waals surface area contributed by atoms with Crippen LogP contribution < -0.4 is 11.1 Å². The summed E-state index contributed by atoms with van der Waals surface area (Å²) in [5.41, 5.74) is 6.57. The van der Waals surface area contributed by atoms with E-state index in [1.807, 2.05) is 32.0 Å². The molecule has 17 heavy (non-hydrogen) atoms. The quantitative estimate of drug-likeness (QED) is 0.845. The van der Waals surface area contributed by atoms with Gasteiger partial charge < -0.3 is 11.1 Å². The summed E-state index contributed by atoms with van der Waals surface area (Å²) in [5.74, 6) is -0.111. The zero-order valence-corrected chi connectivity index (χ0v) is 11.0. The minimum Gasteiger partial charge on any atom is -0.347 e. The second-order valence-corrected chi connectivity index (χ2v) is 3.88. The zero-order chi connectivity index (χ0) is 12.0. The number of hydrogen-bond donors (Lipinski definition) is 2. The summed E-state index contributed by atoms with van der Waals surface area (Å²) in [6.07, 6.45) is 3.33. The molecule has 0 spiro atoms. The van der Waals surface area contributed by atoms with Crippen LogP contribution in [0.3, 0.4) is 0 Å². The van der Waals surface area contributed by atoms with Gasteiger partial charge in [-0.15, -0.1) is 12.4 Å². The molecule has 0 fully saturated rings. The van der Waals surface area contributed by atoms with E-state index in [0.29, 0.717) is 6.42 Å². The number of pyridine rings is 1. The molecule has 96 valence electrons. The van der Waals surface area contributed by atoms with Gasteiger partial charge in [-0.2, -0.15) is 0 Å². The van der Waals surface area contributed by atoms with Gasteiger partial charge in [0.15, 0.2) is 0 Å². The fourth-order valence-electron chi connectivity index (χ4n) is 1.47. The molecule has 0 aliphatic heterocycles. The molecule has 5 heteroatoms. The summed E-state index contributed by atoms with van der Waals surface area (Å²) < 4.78 is 0. The summed E-state index contributed by atoms with van der Waals surface area (Å²) in [6.45, 7) is 3.91. The van der Waals surface area contributed by atoms with Gasteiger partial charge in [-0.05, 0) is 25.5 Å². The number of nitrogens with one attached hydrogen (secondary N) is 1. The third-order valence-corrected chi connectivity index (χ3v) is 2.43. The van der Waals surface area contributed by atoms with E-state index in [4.69, 9.17) is 5.73 Å². The fourth-order valence-corrected chi connectivity index (χ4v) is 1.47. The van der Waals surface area contributed by atoms with Crippen molar-refractivity contribution in [2.45, 2.75) is 38.8 Å². The Hall–Kier alpha value is -1.13. The third-order valence-electron chi connectivity index (χ3n) is 2.43. The predicted octanol–water partition coefficient (Wildman–Crippen LogP) is 1.81. The van der Waals surface area contributed by atoms with Gasteiger partial charge in [0.2, 0.25) is 5.91 Å². The van der Waals surface area contributed by atoms with Gasteiger partial charge in [-0.3, -0.25) is 9.78 Å².